The maximum atomic E-state index is 11.3. The Kier molecular flexibility index (Phi) is 4.22. The second-order valence-electron chi connectivity index (χ2n) is 5.59. The van der Waals surface area contributed by atoms with Gasteiger partial charge in [0.05, 0.1) is 6.10 Å². The van der Waals surface area contributed by atoms with Crippen molar-refractivity contribution >= 4 is 5.78 Å². The lowest BCUT2D eigenvalue weighted by Gasteiger charge is -2.34. The molecule has 0 unspecified atom stereocenters. The summed E-state index contributed by atoms with van der Waals surface area (Å²) in [7, 11) is 1.99. The Labute approximate surface area is 113 Å². The summed E-state index contributed by atoms with van der Waals surface area (Å²) >= 11 is 0. The number of nitrogens with zero attached hydrogens (tertiary/aromatic N) is 1. The molecule has 2 N–H and O–H groups in total. The van der Waals surface area contributed by atoms with Crippen molar-refractivity contribution < 1.29 is 15.0 Å². The zero-order valence-corrected chi connectivity index (χ0v) is 11.5. The molecule has 1 aliphatic carbocycles. The van der Waals surface area contributed by atoms with Crippen molar-refractivity contribution in [1.29, 1.82) is 0 Å². The number of carbonyl (C=O) groups is 1. The van der Waals surface area contributed by atoms with Gasteiger partial charge in [0.1, 0.15) is 5.75 Å². The number of aliphatic hydroxyl groups excluding tert-OH is 1. The van der Waals surface area contributed by atoms with Gasteiger partial charge < -0.3 is 15.1 Å². The zero-order chi connectivity index (χ0) is 14.0. The molecular weight excluding hydrogens is 242 g/mol. The van der Waals surface area contributed by atoms with Gasteiger partial charge in [-0.1, -0.05) is 0 Å². The van der Waals surface area contributed by atoms with Gasteiger partial charge in [-0.25, -0.2) is 0 Å². The highest BCUT2D eigenvalue weighted by molar-refractivity contribution is 5.94. The lowest BCUT2D eigenvalue weighted by molar-refractivity contribution is 0.0273. The van der Waals surface area contributed by atoms with Crippen LogP contribution in [0.3, 0.4) is 0 Å². The molecule has 1 aliphatic rings. The second-order valence-corrected chi connectivity index (χ2v) is 5.59. The van der Waals surface area contributed by atoms with E-state index in [0.29, 0.717) is 18.0 Å². The van der Waals surface area contributed by atoms with Gasteiger partial charge >= 0.3 is 0 Å². The van der Waals surface area contributed by atoms with Crippen LogP contribution in [-0.4, -0.2) is 40.6 Å². The molecule has 0 amide bonds. The molecule has 0 aliphatic heterocycles. The topological polar surface area (TPSA) is 60.8 Å². The van der Waals surface area contributed by atoms with Crippen LogP contribution in [0.2, 0.25) is 0 Å². The van der Waals surface area contributed by atoms with Crippen molar-refractivity contribution in [3.63, 3.8) is 0 Å². The smallest absolute Gasteiger partial charge is 0.159 e. The quantitative estimate of drug-likeness (QED) is 0.795. The molecule has 1 fully saturated rings. The average Bonchev–Trinajstić information content (AvgIpc) is 2.29. The Bertz CT molecular complexity index is 466. The molecule has 19 heavy (non-hydrogen) atoms. The SMILES string of the molecule is CC(=O)c1ccc(O)c(CN(C)CC2CC(O)C2)c1. The first-order chi connectivity index (χ1) is 8.95. The number of phenols is 1. The van der Waals surface area contributed by atoms with Gasteiger partial charge in [0.15, 0.2) is 5.78 Å². The van der Waals surface area contributed by atoms with Gasteiger partial charge in [-0.2, -0.15) is 0 Å². The summed E-state index contributed by atoms with van der Waals surface area (Å²) in [6.45, 7) is 3.04. The Morgan fingerprint density at radius 3 is 2.68 bits per heavy atom. The number of benzene rings is 1. The number of Topliss-reactive ketones (excluding diaryl/α,β-unsaturated/α-hetero) is 1. The molecule has 104 valence electrons. The largest absolute Gasteiger partial charge is 0.508 e. The highest BCUT2D eigenvalue weighted by atomic mass is 16.3. The molecule has 0 bridgehead atoms. The van der Waals surface area contributed by atoms with Crippen LogP contribution in [0.15, 0.2) is 18.2 Å². The minimum atomic E-state index is -0.132. The van der Waals surface area contributed by atoms with E-state index in [-0.39, 0.29) is 17.6 Å². The minimum Gasteiger partial charge on any atom is -0.508 e. The van der Waals surface area contributed by atoms with E-state index in [4.69, 9.17) is 0 Å². The van der Waals surface area contributed by atoms with E-state index in [1.165, 1.54) is 6.92 Å². The summed E-state index contributed by atoms with van der Waals surface area (Å²) in [5.74, 6) is 0.773. The summed E-state index contributed by atoms with van der Waals surface area (Å²) in [5, 5.41) is 19.1. The van der Waals surface area contributed by atoms with E-state index in [1.807, 2.05) is 7.05 Å². The predicted octanol–water partition coefficient (Wildman–Crippen LogP) is 1.80. The lowest BCUT2D eigenvalue weighted by Crippen LogP contribution is -2.36. The van der Waals surface area contributed by atoms with Gasteiger partial charge in [-0.15, -0.1) is 0 Å². The van der Waals surface area contributed by atoms with Crippen molar-refractivity contribution in [2.24, 2.45) is 5.92 Å². The van der Waals surface area contributed by atoms with E-state index in [0.717, 1.165) is 24.9 Å². The van der Waals surface area contributed by atoms with Crippen LogP contribution in [0.4, 0.5) is 0 Å². The van der Waals surface area contributed by atoms with Gasteiger partial charge in [0, 0.05) is 24.2 Å². The molecule has 0 atom stereocenters. The number of aliphatic hydroxyl groups is 1. The van der Waals surface area contributed by atoms with Crippen LogP contribution in [0, 0.1) is 5.92 Å². The number of rotatable bonds is 5. The Morgan fingerprint density at radius 1 is 1.42 bits per heavy atom. The highest BCUT2D eigenvalue weighted by Gasteiger charge is 2.27. The second kappa shape index (κ2) is 5.72. The molecule has 0 heterocycles. The lowest BCUT2D eigenvalue weighted by atomic mass is 9.82. The summed E-state index contributed by atoms with van der Waals surface area (Å²) in [6.07, 6.45) is 1.60. The fourth-order valence-corrected chi connectivity index (χ4v) is 2.58. The Balaban J connectivity index is 1.97. The maximum absolute atomic E-state index is 11.3. The van der Waals surface area contributed by atoms with Gasteiger partial charge in [-0.3, -0.25) is 4.79 Å². The van der Waals surface area contributed by atoms with Crippen molar-refractivity contribution in [3.05, 3.63) is 29.3 Å². The van der Waals surface area contributed by atoms with Gasteiger partial charge in [-0.05, 0) is 50.9 Å². The van der Waals surface area contributed by atoms with Crippen molar-refractivity contribution in [3.8, 4) is 5.75 Å². The first-order valence-electron chi connectivity index (χ1n) is 6.65. The van der Waals surface area contributed by atoms with Gasteiger partial charge in [0.2, 0.25) is 0 Å². The molecule has 0 aromatic heterocycles. The summed E-state index contributed by atoms with van der Waals surface area (Å²) in [6, 6.07) is 4.97. The summed E-state index contributed by atoms with van der Waals surface area (Å²) in [4.78, 5) is 13.5. The fraction of sp³-hybridized carbons (Fsp3) is 0.533. The van der Waals surface area contributed by atoms with Crippen LogP contribution in [0.25, 0.3) is 0 Å². The number of carbonyl (C=O) groups excluding carboxylic acids is 1. The molecule has 2 rings (SSSR count). The van der Waals surface area contributed by atoms with Crippen LogP contribution >= 0.6 is 0 Å². The highest BCUT2D eigenvalue weighted by Crippen LogP contribution is 2.28. The number of hydrogen-bond donors (Lipinski definition) is 2. The monoisotopic (exact) mass is 263 g/mol. The molecule has 0 saturated heterocycles. The predicted molar refractivity (Wildman–Crippen MR) is 73.2 cm³/mol. The van der Waals surface area contributed by atoms with Crippen LogP contribution in [0.1, 0.15) is 35.7 Å². The molecule has 4 nitrogen and oxygen atoms in total. The average molecular weight is 263 g/mol. The Morgan fingerprint density at radius 2 is 2.11 bits per heavy atom. The molecular formula is C15H21NO3. The Hall–Kier alpha value is -1.39. The first kappa shape index (κ1) is 14.0. The van der Waals surface area contributed by atoms with Crippen molar-refractivity contribution in [1.82, 2.24) is 4.90 Å². The molecule has 4 heteroatoms. The van der Waals surface area contributed by atoms with E-state index in [1.54, 1.807) is 18.2 Å². The molecule has 1 saturated carbocycles. The molecule has 0 spiro atoms. The third kappa shape index (κ3) is 3.55. The molecule has 1 aromatic carbocycles. The van der Waals surface area contributed by atoms with Crippen molar-refractivity contribution in [2.45, 2.75) is 32.4 Å². The van der Waals surface area contributed by atoms with Crippen LogP contribution in [0.5, 0.6) is 5.75 Å². The number of hydrogen-bond acceptors (Lipinski definition) is 4. The molecule has 0 radical (unpaired) electrons. The van der Waals surface area contributed by atoms with Gasteiger partial charge in [0.25, 0.3) is 0 Å². The normalized spacial score (nSPS) is 22.3. The summed E-state index contributed by atoms with van der Waals surface area (Å²) < 4.78 is 0. The number of phenolic OH excluding ortho intramolecular Hbond substituents is 1. The number of aromatic hydroxyl groups is 1. The van der Waals surface area contributed by atoms with Crippen molar-refractivity contribution in [2.75, 3.05) is 13.6 Å². The zero-order valence-electron chi connectivity index (χ0n) is 11.5. The van der Waals surface area contributed by atoms with E-state index < -0.39 is 0 Å². The standard InChI is InChI=1S/C15H21NO3/c1-10(17)12-3-4-15(19)13(7-12)9-16(2)8-11-5-14(18)6-11/h3-4,7,11,14,18-19H,5-6,8-9H2,1-2H3. The third-order valence-electron chi connectivity index (χ3n) is 3.71. The van der Waals surface area contributed by atoms with E-state index >= 15 is 0 Å². The van der Waals surface area contributed by atoms with E-state index in [9.17, 15) is 15.0 Å². The maximum Gasteiger partial charge on any atom is 0.159 e. The van der Waals surface area contributed by atoms with Crippen LogP contribution < -0.4 is 0 Å². The first-order valence-corrected chi connectivity index (χ1v) is 6.65. The minimum absolute atomic E-state index is 0.00557. The third-order valence-corrected chi connectivity index (χ3v) is 3.71. The number of ketones is 1. The summed E-state index contributed by atoms with van der Waals surface area (Å²) in [5.41, 5.74) is 1.40. The van der Waals surface area contributed by atoms with Crippen LogP contribution in [-0.2, 0) is 6.54 Å². The fourth-order valence-electron chi connectivity index (χ4n) is 2.58. The van der Waals surface area contributed by atoms with E-state index in [2.05, 4.69) is 4.90 Å². The molecule has 1 aromatic rings.